The van der Waals surface area contributed by atoms with Gasteiger partial charge in [-0.25, -0.2) is 16.8 Å². The van der Waals surface area contributed by atoms with Crippen molar-refractivity contribution < 1.29 is 34.2 Å². The molecule has 0 heterocycles. The van der Waals surface area contributed by atoms with E-state index in [1.807, 2.05) is 0 Å². The van der Waals surface area contributed by atoms with E-state index in [0.717, 1.165) is 17.7 Å². The zero-order chi connectivity index (χ0) is 23.4. The molecule has 0 aliphatic carbocycles. The molecule has 0 fully saturated rings. The Balaban J connectivity index is 2.62. The summed E-state index contributed by atoms with van der Waals surface area (Å²) in [6, 6.07) is 8.86. The van der Waals surface area contributed by atoms with E-state index >= 15 is 0 Å². The number of hydrogen-bond donors (Lipinski definition) is 0. The number of aryl methyl sites for hydroxylation is 2. The van der Waals surface area contributed by atoms with Crippen LogP contribution in [0.25, 0.3) is 5.53 Å². The third-order valence-corrected chi connectivity index (χ3v) is 9.84. The largest absolute Gasteiger partial charge is 0.504 e. The fourth-order valence-corrected chi connectivity index (χ4v) is 7.63. The van der Waals surface area contributed by atoms with Crippen molar-refractivity contribution in [1.82, 2.24) is 0 Å². The van der Waals surface area contributed by atoms with Crippen LogP contribution < -0.4 is 4.18 Å². The molecule has 12 heteroatoms. The van der Waals surface area contributed by atoms with Crippen LogP contribution in [0.2, 0.25) is 0 Å². The fraction of sp³-hybridized carbons (Fsp3) is 0.316. The average Bonchev–Trinajstić information content (AvgIpc) is 2.66. The Labute approximate surface area is 182 Å². The van der Waals surface area contributed by atoms with E-state index in [0.29, 0.717) is 12.8 Å². The number of benzene rings is 2. The van der Waals surface area contributed by atoms with Crippen molar-refractivity contribution in [2.24, 2.45) is 0 Å². The summed E-state index contributed by atoms with van der Waals surface area (Å²) in [6.07, 6.45) is 0.861. The smallest absolute Gasteiger partial charge is 0.381 e. The maximum absolute atomic E-state index is 13.1. The lowest BCUT2D eigenvalue weighted by Crippen LogP contribution is -2.27. The van der Waals surface area contributed by atoms with Crippen LogP contribution in [0.15, 0.2) is 52.3 Å². The number of rotatable bonds is 7. The molecule has 0 radical (unpaired) electrons. The molecule has 0 bridgehead atoms. The van der Waals surface area contributed by atoms with Gasteiger partial charge in [-0.15, -0.1) is 4.79 Å². The molecule has 0 saturated heterocycles. The maximum atomic E-state index is 13.1. The monoisotopic (exact) mass is 486 g/mol. The van der Waals surface area contributed by atoms with Crippen molar-refractivity contribution in [3.8, 4) is 5.75 Å². The summed E-state index contributed by atoms with van der Waals surface area (Å²) in [5, 5.41) is 0. The molecule has 0 atom stereocenters. The third kappa shape index (κ3) is 5.40. The topological polar surface area (TPSA) is 148 Å². The van der Waals surface area contributed by atoms with Gasteiger partial charge in [-0.3, -0.25) is 0 Å². The van der Waals surface area contributed by atoms with Gasteiger partial charge < -0.3 is 9.71 Å². The Morgan fingerprint density at radius 2 is 1.55 bits per heavy atom. The van der Waals surface area contributed by atoms with Crippen molar-refractivity contribution in [1.29, 1.82) is 0 Å². The van der Waals surface area contributed by atoms with E-state index in [2.05, 4.69) is 4.79 Å². The number of sulfone groups is 2. The van der Waals surface area contributed by atoms with E-state index in [1.165, 1.54) is 37.3 Å². The van der Waals surface area contributed by atoms with Gasteiger partial charge in [0.15, 0.2) is 5.75 Å². The third-order valence-electron chi connectivity index (χ3n) is 4.26. The molecular formula is C19H22N2O7S3. The Morgan fingerprint density at radius 3 is 2.13 bits per heavy atom. The summed E-state index contributed by atoms with van der Waals surface area (Å²) >= 11 is 0. The van der Waals surface area contributed by atoms with Crippen LogP contribution in [0, 0.1) is 13.8 Å². The molecule has 2 rings (SSSR count). The first-order valence-electron chi connectivity index (χ1n) is 9.17. The zero-order valence-electron chi connectivity index (χ0n) is 17.1. The standard InChI is InChI=1S/C19H22N2O7S3/c1-4-5-12-29(22,23)28-16-8-6-7-9-18(16)31(26,27)19(21-20)30(24,25)17-11-10-14(2)13-15(17)3/h6-11,13H,4-5,12H2,1-3H3. The van der Waals surface area contributed by atoms with Gasteiger partial charge in [0, 0.05) is 0 Å². The molecule has 2 aromatic rings. The Kier molecular flexibility index (Phi) is 7.43. The lowest BCUT2D eigenvalue weighted by Gasteiger charge is -2.11. The molecule has 0 aliphatic heterocycles. The summed E-state index contributed by atoms with van der Waals surface area (Å²) in [7, 11) is -13.9. The molecular weight excluding hydrogens is 464 g/mol. The molecule has 0 saturated carbocycles. The number of nitrogens with zero attached hydrogens (tertiary/aromatic N) is 2. The first kappa shape index (κ1) is 24.7. The molecule has 2 aromatic carbocycles. The van der Waals surface area contributed by atoms with E-state index in [9.17, 15) is 30.8 Å². The fourth-order valence-electron chi connectivity index (χ4n) is 2.78. The molecule has 31 heavy (non-hydrogen) atoms. The van der Waals surface area contributed by atoms with Gasteiger partial charge in [0.25, 0.3) is 19.7 Å². The van der Waals surface area contributed by atoms with Crippen LogP contribution in [-0.4, -0.2) is 40.2 Å². The van der Waals surface area contributed by atoms with Crippen molar-refractivity contribution in [3.05, 3.63) is 59.1 Å². The van der Waals surface area contributed by atoms with Gasteiger partial charge in [-0.2, -0.15) is 8.42 Å². The number of unbranched alkanes of at least 4 members (excludes halogenated alkanes) is 1. The molecule has 0 amide bonds. The minimum Gasteiger partial charge on any atom is -0.381 e. The second-order valence-electron chi connectivity index (χ2n) is 6.79. The zero-order valence-corrected chi connectivity index (χ0v) is 19.6. The van der Waals surface area contributed by atoms with Crippen molar-refractivity contribution in [2.75, 3.05) is 5.75 Å². The van der Waals surface area contributed by atoms with Gasteiger partial charge in [-0.1, -0.05) is 43.2 Å². The van der Waals surface area contributed by atoms with Crippen molar-refractivity contribution >= 4 is 34.2 Å². The van der Waals surface area contributed by atoms with Gasteiger partial charge in [0.1, 0.15) is 4.90 Å². The van der Waals surface area contributed by atoms with Gasteiger partial charge in [0.2, 0.25) is 0 Å². The first-order chi connectivity index (χ1) is 14.4. The SMILES string of the molecule is CCCCS(=O)(=O)Oc1ccccc1S(=O)(=O)C(=[N+]=[N-])S(=O)(=O)c1ccc(C)cc1C. The minimum atomic E-state index is -4.98. The summed E-state index contributed by atoms with van der Waals surface area (Å²) < 4.78 is 80.0. The quantitative estimate of drug-likeness (QED) is 0.192. The normalized spacial score (nSPS) is 12.2. The van der Waals surface area contributed by atoms with Gasteiger partial charge in [0.05, 0.1) is 10.6 Å². The van der Waals surface area contributed by atoms with Gasteiger partial charge >= 0.3 is 14.5 Å². The molecule has 9 nitrogen and oxygen atoms in total. The maximum Gasteiger partial charge on any atom is 0.504 e. The van der Waals surface area contributed by atoms with E-state index < -0.39 is 44.8 Å². The predicted molar refractivity (Wildman–Crippen MR) is 115 cm³/mol. The van der Waals surface area contributed by atoms with Gasteiger partial charge in [-0.05, 0) is 44.0 Å². The first-order valence-corrected chi connectivity index (χ1v) is 13.7. The molecule has 0 aliphatic rings. The lowest BCUT2D eigenvalue weighted by atomic mass is 10.2. The van der Waals surface area contributed by atoms with Crippen LogP contribution in [-0.2, 0) is 29.8 Å². The second-order valence-corrected chi connectivity index (χ2v) is 12.4. The van der Waals surface area contributed by atoms with E-state index in [1.54, 1.807) is 13.8 Å². The highest BCUT2D eigenvalue weighted by Gasteiger charge is 2.46. The second kappa shape index (κ2) is 9.31. The average molecular weight is 487 g/mol. The van der Waals surface area contributed by atoms with Crippen LogP contribution in [0.5, 0.6) is 5.75 Å². The molecule has 0 spiro atoms. The highest BCUT2D eigenvalue weighted by molar-refractivity contribution is 8.31. The van der Waals surface area contributed by atoms with Crippen LogP contribution in [0.1, 0.15) is 30.9 Å². The molecule has 168 valence electrons. The molecule has 0 N–H and O–H groups in total. The summed E-state index contributed by atoms with van der Waals surface area (Å²) in [4.78, 5) is 1.46. The van der Waals surface area contributed by atoms with Crippen molar-refractivity contribution in [2.45, 2.75) is 43.4 Å². The Hall–Kier alpha value is -2.53. The Bertz CT molecular complexity index is 1360. The minimum absolute atomic E-state index is 0.253. The summed E-state index contributed by atoms with van der Waals surface area (Å²) in [5.41, 5.74) is 10.4. The number of hydrogen-bond acceptors (Lipinski definition) is 7. The van der Waals surface area contributed by atoms with Crippen LogP contribution >= 0.6 is 0 Å². The summed E-state index contributed by atoms with van der Waals surface area (Å²) in [5.74, 6) is -0.935. The number of para-hydroxylation sites is 1. The van der Waals surface area contributed by atoms with Crippen LogP contribution in [0.3, 0.4) is 0 Å². The lowest BCUT2D eigenvalue weighted by molar-refractivity contribution is 0.00379. The Morgan fingerprint density at radius 1 is 0.935 bits per heavy atom. The predicted octanol–water partition coefficient (Wildman–Crippen LogP) is 2.65. The summed E-state index contributed by atoms with van der Waals surface area (Å²) in [6.45, 7) is 4.97. The van der Waals surface area contributed by atoms with Crippen molar-refractivity contribution in [3.63, 3.8) is 0 Å². The highest BCUT2D eigenvalue weighted by Crippen LogP contribution is 2.30. The molecule has 0 aromatic heterocycles. The van der Waals surface area contributed by atoms with E-state index in [-0.39, 0.29) is 16.2 Å². The van der Waals surface area contributed by atoms with E-state index in [4.69, 9.17) is 4.18 Å². The van der Waals surface area contributed by atoms with Crippen LogP contribution in [0.4, 0.5) is 0 Å². The molecule has 0 unspecified atom stereocenters. The highest BCUT2D eigenvalue weighted by atomic mass is 32.3.